The lowest BCUT2D eigenvalue weighted by Crippen LogP contribution is -2.62. The van der Waals surface area contributed by atoms with E-state index in [1.165, 1.54) is 19.0 Å². The summed E-state index contributed by atoms with van der Waals surface area (Å²) < 4.78 is 38.2. The van der Waals surface area contributed by atoms with E-state index in [-0.39, 0.29) is 26.2 Å². The first-order valence-electron chi connectivity index (χ1n) is 10.5. The van der Waals surface area contributed by atoms with Crippen molar-refractivity contribution in [1.82, 2.24) is 19.0 Å². The van der Waals surface area contributed by atoms with Crippen LogP contribution in [0.25, 0.3) is 0 Å². The van der Waals surface area contributed by atoms with Crippen LogP contribution < -0.4 is 5.48 Å². The van der Waals surface area contributed by atoms with Gasteiger partial charge >= 0.3 is 6.09 Å². The number of carbonyl (C=O) groups is 2. The summed E-state index contributed by atoms with van der Waals surface area (Å²) in [5.74, 6) is -0.644. The van der Waals surface area contributed by atoms with E-state index in [9.17, 15) is 18.0 Å². The lowest BCUT2D eigenvalue weighted by molar-refractivity contribution is -0.202. The van der Waals surface area contributed by atoms with Crippen LogP contribution in [0.4, 0.5) is 4.79 Å². The minimum absolute atomic E-state index is 0.00128. The summed E-state index contributed by atoms with van der Waals surface area (Å²) in [4.78, 5) is 32.2. The normalized spacial score (nSPS) is 22.5. The molecule has 0 bridgehead atoms. The summed E-state index contributed by atoms with van der Waals surface area (Å²) in [7, 11) is -0.942. The largest absolute Gasteiger partial charge is 0.445 e. The van der Waals surface area contributed by atoms with Crippen LogP contribution >= 0.6 is 0 Å². The SMILES string of the molecule is CN(C)S(=O)(=O)N1CCN(C(=O)OCc2ccccc2)[C@@H](C(=O)NOC2CCCCO2)C1. The molecule has 2 amide bonds. The number of amides is 2. The molecule has 32 heavy (non-hydrogen) atoms. The van der Waals surface area contributed by atoms with Gasteiger partial charge in [0.05, 0.1) is 0 Å². The molecule has 3 rings (SSSR count). The van der Waals surface area contributed by atoms with Gasteiger partial charge in [-0.3, -0.25) is 9.69 Å². The quantitative estimate of drug-likeness (QED) is 0.583. The predicted octanol–water partition coefficient (Wildman–Crippen LogP) is 0.690. The number of rotatable bonds is 7. The number of carbonyl (C=O) groups excluding carboxylic acids is 2. The molecule has 2 saturated heterocycles. The van der Waals surface area contributed by atoms with Crippen LogP contribution in [0.5, 0.6) is 0 Å². The Balaban J connectivity index is 1.68. The van der Waals surface area contributed by atoms with Crippen LogP contribution in [-0.4, -0.2) is 86.6 Å². The number of hydrogen-bond acceptors (Lipinski definition) is 7. The standard InChI is InChI=1S/C20H30N4O7S/c1-22(2)32(27,28)23-11-12-24(20(26)30-15-16-8-4-3-5-9-16)17(14-23)19(25)21-31-18-10-6-7-13-29-18/h3-5,8-9,17-18H,6-7,10-15H2,1-2H3,(H,21,25)/t17-,18?/m1/s1. The van der Waals surface area contributed by atoms with E-state index < -0.39 is 34.5 Å². The van der Waals surface area contributed by atoms with E-state index in [2.05, 4.69) is 5.48 Å². The lowest BCUT2D eigenvalue weighted by Gasteiger charge is -2.39. The maximum atomic E-state index is 12.9. The van der Waals surface area contributed by atoms with E-state index in [1.807, 2.05) is 30.3 Å². The number of nitrogens with one attached hydrogen (secondary N) is 1. The van der Waals surface area contributed by atoms with E-state index in [0.717, 1.165) is 27.0 Å². The van der Waals surface area contributed by atoms with Crippen LogP contribution in [0.1, 0.15) is 24.8 Å². The summed E-state index contributed by atoms with van der Waals surface area (Å²) in [5, 5.41) is 0. The van der Waals surface area contributed by atoms with Crippen LogP contribution in [0.15, 0.2) is 30.3 Å². The fraction of sp³-hybridized carbons (Fsp3) is 0.600. The van der Waals surface area contributed by atoms with Gasteiger partial charge in [0.1, 0.15) is 12.6 Å². The summed E-state index contributed by atoms with van der Waals surface area (Å²) in [6.07, 6.45) is 1.20. The summed E-state index contributed by atoms with van der Waals surface area (Å²) in [6, 6.07) is 8.02. The Morgan fingerprint density at radius 1 is 1.19 bits per heavy atom. The minimum Gasteiger partial charge on any atom is -0.445 e. The zero-order chi connectivity index (χ0) is 23.1. The number of hydrogen-bond donors (Lipinski definition) is 1. The van der Waals surface area contributed by atoms with Gasteiger partial charge in [-0.15, -0.1) is 0 Å². The number of ether oxygens (including phenoxy) is 2. The second-order valence-electron chi connectivity index (χ2n) is 7.78. The third kappa shape index (κ3) is 6.17. The maximum Gasteiger partial charge on any atom is 0.410 e. The van der Waals surface area contributed by atoms with Crippen molar-refractivity contribution in [2.75, 3.05) is 40.3 Å². The highest BCUT2D eigenvalue weighted by molar-refractivity contribution is 7.86. The van der Waals surface area contributed by atoms with Crippen molar-refractivity contribution in [2.45, 2.75) is 38.2 Å². The predicted molar refractivity (Wildman–Crippen MR) is 114 cm³/mol. The molecule has 2 fully saturated rings. The molecule has 0 aromatic heterocycles. The third-order valence-electron chi connectivity index (χ3n) is 5.30. The first-order chi connectivity index (χ1) is 15.3. The molecule has 1 aromatic carbocycles. The molecule has 0 aliphatic carbocycles. The molecule has 1 unspecified atom stereocenters. The van der Waals surface area contributed by atoms with E-state index in [0.29, 0.717) is 13.0 Å². The van der Waals surface area contributed by atoms with Crippen molar-refractivity contribution in [1.29, 1.82) is 0 Å². The van der Waals surface area contributed by atoms with E-state index in [1.54, 1.807) is 0 Å². The third-order valence-corrected chi connectivity index (χ3v) is 7.21. The Hall–Kier alpha value is -2.25. The van der Waals surface area contributed by atoms with Crippen LogP contribution in [0.3, 0.4) is 0 Å². The Morgan fingerprint density at radius 2 is 1.94 bits per heavy atom. The van der Waals surface area contributed by atoms with Gasteiger partial charge in [-0.2, -0.15) is 17.0 Å². The summed E-state index contributed by atoms with van der Waals surface area (Å²) in [5.41, 5.74) is 3.13. The van der Waals surface area contributed by atoms with Crippen molar-refractivity contribution in [2.24, 2.45) is 0 Å². The first kappa shape index (κ1) is 24.4. The van der Waals surface area contributed by atoms with E-state index in [4.69, 9.17) is 14.3 Å². The summed E-state index contributed by atoms with van der Waals surface area (Å²) >= 11 is 0. The Bertz CT molecular complexity index is 875. The Morgan fingerprint density at radius 3 is 2.59 bits per heavy atom. The molecule has 0 spiro atoms. The minimum atomic E-state index is -3.76. The molecular formula is C20H30N4O7S. The average molecular weight is 471 g/mol. The monoisotopic (exact) mass is 470 g/mol. The van der Waals surface area contributed by atoms with Gasteiger partial charge in [0.2, 0.25) is 0 Å². The van der Waals surface area contributed by atoms with Gasteiger partial charge in [-0.25, -0.2) is 15.1 Å². The molecule has 12 heteroatoms. The van der Waals surface area contributed by atoms with E-state index >= 15 is 0 Å². The molecule has 178 valence electrons. The molecule has 11 nitrogen and oxygen atoms in total. The molecule has 2 aliphatic rings. The van der Waals surface area contributed by atoms with Crippen LogP contribution in [0.2, 0.25) is 0 Å². The van der Waals surface area contributed by atoms with Crippen molar-refractivity contribution in [3.63, 3.8) is 0 Å². The smallest absolute Gasteiger partial charge is 0.410 e. The number of nitrogens with zero attached hydrogens (tertiary/aromatic N) is 3. The van der Waals surface area contributed by atoms with Gasteiger partial charge in [0.25, 0.3) is 16.1 Å². The van der Waals surface area contributed by atoms with Gasteiger partial charge in [-0.1, -0.05) is 30.3 Å². The van der Waals surface area contributed by atoms with Gasteiger partial charge in [0.15, 0.2) is 6.29 Å². The highest BCUT2D eigenvalue weighted by Crippen LogP contribution is 2.18. The van der Waals surface area contributed by atoms with Crippen LogP contribution in [-0.2, 0) is 35.9 Å². The second kappa shape index (κ2) is 11.1. The average Bonchev–Trinajstić information content (AvgIpc) is 2.81. The van der Waals surface area contributed by atoms with Gasteiger partial charge in [-0.05, 0) is 18.4 Å². The maximum absolute atomic E-state index is 12.9. The highest BCUT2D eigenvalue weighted by atomic mass is 32.2. The topological polar surface area (TPSA) is 118 Å². The lowest BCUT2D eigenvalue weighted by atomic mass is 10.2. The fourth-order valence-electron chi connectivity index (χ4n) is 3.44. The molecular weight excluding hydrogens is 440 g/mol. The molecule has 0 saturated carbocycles. The Labute approximate surface area is 188 Å². The Kier molecular flexibility index (Phi) is 8.43. The van der Waals surface area contributed by atoms with Gasteiger partial charge in [0, 0.05) is 46.8 Å². The summed E-state index contributed by atoms with van der Waals surface area (Å²) in [6.45, 7) is 0.394. The number of hydroxylamine groups is 1. The fourth-order valence-corrected chi connectivity index (χ4v) is 4.54. The number of piperazine rings is 1. The van der Waals surface area contributed by atoms with Gasteiger partial charge < -0.3 is 9.47 Å². The first-order valence-corrected chi connectivity index (χ1v) is 11.9. The molecule has 2 atom stereocenters. The molecule has 2 heterocycles. The molecule has 2 aliphatic heterocycles. The van der Waals surface area contributed by atoms with Crippen molar-refractivity contribution < 1.29 is 32.3 Å². The van der Waals surface area contributed by atoms with Crippen molar-refractivity contribution in [3.8, 4) is 0 Å². The number of benzene rings is 1. The zero-order valence-corrected chi connectivity index (χ0v) is 19.1. The molecule has 1 aromatic rings. The highest BCUT2D eigenvalue weighted by Gasteiger charge is 2.41. The molecule has 1 N–H and O–H groups in total. The molecule has 0 radical (unpaired) electrons. The second-order valence-corrected chi connectivity index (χ2v) is 9.92. The van der Waals surface area contributed by atoms with Crippen molar-refractivity contribution >= 4 is 22.2 Å². The zero-order valence-electron chi connectivity index (χ0n) is 18.3. The van der Waals surface area contributed by atoms with Crippen molar-refractivity contribution in [3.05, 3.63) is 35.9 Å². The van der Waals surface area contributed by atoms with Crippen LogP contribution in [0, 0.1) is 0 Å².